The van der Waals surface area contributed by atoms with Gasteiger partial charge in [0, 0.05) is 19.5 Å². The Morgan fingerprint density at radius 1 is 1.17 bits per heavy atom. The lowest BCUT2D eigenvalue weighted by atomic mass is 10.0. The normalized spacial score (nSPS) is 17.2. The summed E-state index contributed by atoms with van der Waals surface area (Å²) in [6.07, 6.45) is 4.21. The second-order valence-electron chi connectivity index (χ2n) is 7.64. The quantitative estimate of drug-likeness (QED) is 0.657. The maximum Gasteiger partial charge on any atom is 0.225 e. The molecule has 1 N–H and O–H groups in total. The van der Waals surface area contributed by atoms with Gasteiger partial charge >= 0.3 is 0 Å². The summed E-state index contributed by atoms with van der Waals surface area (Å²) in [7, 11) is 0. The molecule has 1 aromatic heterocycles. The maximum absolute atomic E-state index is 12.7. The number of likely N-dealkylation sites (tertiary alicyclic amines) is 1. The highest BCUT2D eigenvalue weighted by atomic mass is 16.2. The summed E-state index contributed by atoms with van der Waals surface area (Å²) in [5.74, 6) is -0.320. The van der Waals surface area contributed by atoms with Crippen LogP contribution in [0.25, 0.3) is 5.69 Å². The van der Waals surface area contributed by atoms with Crippen molar-refractivity contribution in [2.75, 3.05) is 13.1 Å². The van der Waals surface area contributed by atoms with Crippen LogP contribution in [0.4, 0.5) is 0 Å². The van der Waals surface area contributed by atoms with Crippen molar-refractivity contribution in [2.24, 2.45) is 5.92 Å². The third kappa shape index (κ3) is 4.56. The number of carbonyl (C=O) groups excluding carboxylic acids is 2. The highest BCUT2D eigenvalue weighted by Gasteiger charge is 2.34. The Balaban J connectivity index is 1.30. The van der Waals surface area contributed by atoms with Gasteiger partial charge in [0.25, 0.3) is 0 Å². The fraction of sp³-hybridized carbons (Fsp3) is 0.304. The Bertz CT molecular complexity index is 986. The van der Waals surface area contributed by atoms with Crippen LogP contribution in [0.1, 0.15) is 30.5 Å². The van der Waals surface area contributed by atoms with Crippen LogP contribution in [0, 0.1) is 5.92 Å². The maximum atomic E-state index is 12.7. The van der Waals surface area contributed by atoms with Gasteiger partial charge < -0.3 is 10.2 Å². The largest absolute Gasteiger partial charge is 0.349 e. The molecule has 0 spiro atoms. The highest BCUT2D eigenvalue weighted by molar-refractivity contribution is 5.89. The molecule has 3 aromatic rings. The topological polar surface area (TPSA) is 80.1 Å². The van der Waals surface area contributed by atoms with Crippen molar-refractivity contribution in [2.45, 2.75) is 25.8 Å². The van der Waals surface area contributed by atoms with Crippen LogP contribution < -0.4 is 5.32 Å². The van der Waals surface area contributed by atoms with Gasteiger partial charge in [-0.2, -0.15) is 5.10 Å². The molecule has 7 heteroatoms. The number of benzene rings is 2. The van der Waals surface area contributed by atoms with Crippen molar-refractivity contribution in [3.05, 3.63) is 78.4 Å². The van der Waals surface area contributed by atoms with Crippen molar-refractivity contribution < 1.29 is 9.59 Å². The molecule has 2 heterocycles. The van der Waals surface area contributed by atoms with E-state index in [1.165, 1.54) is 11.9 Å². The molecule has 2 atom stereocenters. The minimum atomic E-state index is -0.301. The number of hydrogen-bond acceptors (Lipinski definition) is 4. The molecule has 2 unspecified atom stereocenters. The minimum absolute atomic E-state index is 0.0518. The van der Waals surface area contributed by atoms with E-state index >= 15 is 0 Å². The molecular formula is C23H25N5O2. The molecule has 0 bridgehead atoms. The van der Waals surface area contributed by atoms with Crippen molar-refractivity contribution in [3.63, 3.8) is 0 Å². The van der Waals surface area contributed by atoms with Crippen LogP contribution in [-0.4, -0.2) is 44.6 Å². The fourth-order valence-corrected chi connectivity index (χ4v) is 3.74. The van der Waals surface area contributed by atoms with E-state index in [1.54, 1.807) is 15.9 Å². The lowest BCUT2D eigenvalue weighted by molar-refractivity contribution is -0.129. The van der Waals surface area contributed by atoms with Crippen molar-refractivity contribution in [1.82, 2.24) is 25.0 Å². The van der Waals surface area contributed by atoms with Gasteiger partial charge in [-0.15, -0.1) is 0 Å². The van der Waals surface area contributed by atoms with Crippen molar-refractivity contribution >= 4 is 11.8 Å². The van der Waals surface area contributed by atoms with Gasteiger partial charge in [-0.1, -0.05) is 42.5 Å². The predicted molar refractivity (Wildman–Crippen MR) is 113 cm³/mol. The van der Waals surface area contributed by atoms with Gasteiger partial charge in [0.15, 0.2) is 0 Å². The summed E-state index contributed by atoms with van der Waals surface area (Å²) in [6, 6.07) is 17.8. The van der Waals surface area contributed by atoms with Gasteiger partial charge in [-0.05, 0) is 36.6 Å². The standard InChI is InChI=1S/C23H25N5O2/c1-17(19-7-9-21(10-8-19)28-16-24-15-25-28)26-23(30)20-13-22(29)27(14-20)12-11-18-5-3-2-4-6-18/h2-10,15-17,20H,11-14H2,1H3,(H,26,30). The SMILES string of the molecule is CC(NC(=O)C1CC(=O)N(CCc2ccccc2)C1)c1ccc(-n2cncn2)cc1. The van der Waals surface area contributed by atoms with Crippen LogP contribution in [-0.2, 0) is 16.0 Å². The first kappa shape index (κ1) is 19.8. The molecule has 0 saturated carbocycles. The molecular weight excluding hydrogens is 378 g/mol. The fourth-order valence-electron chi connectivity index (χ4n) is 3.74. The van der Waals surface area contributed by atoms with E-state index in [1.807, 2.05) is 49.4 Å². The number of rotatable bonds is 7. The summed E-state index contributed by atoms with van der Waals surface area (Å²) in [6.45, 7) is 3.08. The summed E-state index contributed by atoms with van der Waals surface area (Å²) in [5.41, 5.74) is 3.10. The summed E-state index contributed by atoms with van der Waals surface area (Å²) in [4.78, 5) is 30.8. The Hall–Kier alpha value is -3.48. The Kier molecular flexibility index (Phi) is 5.88. The second kappa shape index (κ2) is 8.90. The Morgan fingerprint density at radius 3 is 2.63 bits per heavy atom. The average Bonchev–Trinajstić information content (AvgIpc) is 3.43. The lowest BCUT2D eigenvalue weighted by Gasteiger charge is -2.19. The smallest absolute Gasteiger partial charge is 0.225 e. The summed E-state index contributed by atoms with van der Waals surface area (Å²) >= 11 is 0. The van der Waals surface area contributed by atoms with Gasteiger partial charge in [0.05, 0.1) is 17.6 Å². The van der Waals surface area contributed by atoms with Gasteiger partial charge in [-0.25, -0.2) is 9.67 Å². The van der Waals surface area contributed by atoms with E-state index in [2.05, 4.69) is 27.5 Å². The van der Waals surface area contributed by atoms with E-state index in [0.717, 1.165) is 17.7 Å². The average molecular weight is 403 g/mol. The highest BCUT2D eigenvalue weighted by Crippen LogP contribution is 2.21. The molecule has 30 heavy (non-hydrogen) atoms. The molecule has 1 aliphatic rings. The van der Waals surface area contributed by atoms with Crippen LogP contribution in [0.5, 0.6) is 0 Å². The Labute approximate surface area is 175 Å². The first-order valence-electron chi connectivity index (χ1n) is 10.2. The zero-order valence-corrected chi connectivity index (χ0v) is 16.9. The Morgan fingerprint density at radius 2 is 1.93 bits per heavy atom. The van der Waals surface area contributed by atoms with Gasteiger partial charge in [-0.3, -0.25) is 9.59 Å². The first-order chi connectivity index (χ1) is 14.6. The molecule has 1 aliphatic heterocycles. The zero-order valence-electron chi connectivity index (χ0n) is 16.9. The molecule has 0 radical (unpaired) electrons. The number of hydrogen-bond donors (Lipinski definition) is 1. The van der Waals surface area contributed by atoms with E-state index in [0.29, 0.717) is 13.1 Å². The molecule has 154 valence electrons. The molecule has 1 saturated heterocycles. The van der Waals surface area contributed by atoms with E-state index in [4.69, 9.17) is 0 Å². The molecule has 7 nitrogen and oxygen atoms in total. The van der Waals surface area contributed by atoms with Crippen molar-refractivity contribution in [1.29, 1.82) is 0 Å². The molecule has 4 rings (SSSR count). The predicted octanol–water partition coefficient (Wildman–Crippen LogP) is 2.54. The number of amides is 2. The van der Waals surface area contributed by atoms with E-state index in [9.17, 15) is 9.59 Å². The third-order valence-corrected chi connectivity index (χ3v) is 5.53. The van der Waals surface area contributed by atoms with E-state index < -0.39 is 0 Å². The van der Waals surface area contributed by atoms with Gasteiger partial charge in [0.1, 0.15) is 12.7 Å². The third-order valence-electron chi connectivity index (χ3n) is 5.53. The number of aromatic nitrogens is 3. The molecule has 0 aliphatic carbocycles. The second-order valence-corrected chi connectivity index (χ2v) is 7.64. The zero-order chi connectivity index (χ0) is 20.9. The number of carbonyl (C=O) groups is 2. The number of nitrogens with zero attached hydrogens (tertiary/aromatic N) is 4. The van der Waals surface area contributed by atoms with Crippen LogP contribution in [0.3, 0.4) is 0 Å². The summed E-state index contributed by atoms with van der Waals surface area (Å²) in [5, 5.41) is 7.16. The van der Waals surface area contributed by atoms with Crippen LogP contribution in [0.2, 0.25) is 0 Å². The van der Waals surface area contributed by atoms with Crippen molar-refractivity contribution in [3.8, 4) is 5.69 Å². The molecule has 2 amide bonds. The molecule has 2 aromatic carbocycles. The summed E-state index contributed by atoms with van der Waals surface area (Å²) < 4.78 is 1.68. The monoisotopic (exact) mass is 403 g/mol. The lowest BCUT2D eigenvalue weighted by Crippen LogP contribution is -2.35. The van der Waals surface area contributed by atoms with Gasteiger partial charge in [0.2, 0.25) is 11.8 Å². The van der Waals surface area contributed by atoms with E-state index in [-0.39, 0.29) is 30.2 Å². The van der Waals surface area contributed by atoms with Crippen LogP contribution in [0.15, 0.2) is 67.3 Å². The minimum Gasteiger partial charge on any atom is -0.349 e. The first-order valence-corrected chi connectivity index (χ1v) is 10.2. The number of nitrogens with one attached hydrogen (secondary N) is 1. The molecule has 1 fully saturated rings. The van der Waals surface area contributed by atoms with Crippen LogP contribution >= 0.6 is 0 Å².